The van der Waals surface area contributed by atoms with Crippen molar-refractivity contribution in [3.63, 3.8) is 0 Å². The van der Waals surface area contributed by atoms with Gasteiger partial charge in [0, 0.05) is 17.0 Å². The van der Waals surface area contributed by atoms with Gasteiger partial charge < -0.3 is 10.0 Å². The normalized spacial score (nSPS) is 16.8. The van der Waals surface area contributed by atoms with E-state index in [0.29, 0.717) is 27.5 Å². The first-order valence-electron chi connectivity index (χ1n) is 9.91. The van der Waals surface area contributed by atoms with E-state index in [-0.39, 0.29) is 37.1 Å². The third-order valence-corrected chi connectivity index (χ3v) is 6.33. The van der Waals surface area contributed by atoms with Crippen LogP contribution >= 0.6 is 11.3 Å². The molecule has 1 atom stereocenters. The van der Waals surface area contributed by atoms with Crippen LogP contribution in [0.25, 0.3) is 5.57 Å². The number of hydrogen-bond acceptors (Lipinski definition) is 7. The van der Waals surface area contributed by atoms with Gasteiger partial charge in [-0.15, -0.1) is 11.3 Å². The smallest absolute Gasteiger partial charge is 0.386 e. The van der Waals surface area contributed by atoms with Crippen LogP contribution in [0.5, 0.6) is 0 Å². The summed E-state index contributed by atoms with van der Waals surface area (Å²) in [5.41, 5.74) is 0.568. The Labute approximate surface area is 189 Å². The summed E-state index contributed by atoms with van der Waals surface area (Å²) in [4.78, 5) is 26.3. The molecule has 12 heteroatoms. The Morgan fingerprint density at radius 2 is 1.91 bits per heavy atom. The lowest BCUT2D eigenvalue weighted by Crippen LogP contribution is -2.40. The van der Waals surface area contributed by atoms with Crippen molar-refractivity contribution in [3.05, 3.63) is 73.6 Å². The standard InChI is InChI=1S/C21H19F4N5O2S/c1-11-15(22)4-5-16(26-11)14-7-8-29(10-17(14)31)19-27-12(2)30(20(32)28-19)9-13-3-6-18(33-13)21(23,24)25/h3-7,17,31H,8-10H2,1-2H3/t17-/m0/s1. The molecule has 0 radical (unpaired) electrons. The minimum absolute atomic E-state index is 0.0754. The first-order valence-corrected chi connectivity index (χ1v) is 10.7. The maximum atomic E-state index is 13.5. The van der Waals surface area contributed by atoms with Crippen molar-refractivity contribution in [2.75, 3.05) is 18.0 Å². The van der Waals surface area contributed by atoms with Crippen LogP contribution in [0.15, 0.2) is 35.1 Å². The van der Waals surface area contributed by atoms with Crippen LogP contribution in [0.1, 0.15) is 27.0 Å². The lowest BCUT2D eigenvalue weighted by molar-refractivity contribution is -0.134. The second-order valence-corrected chi connectivity index (χ2v) is 8.72. The zero-order chi connectivity index (χ0) is 23.9. The molecule has 0 aromatic carbocycles. The van der Waals surface area contributed by atoms with Gasteiger partial charge >= 0.3 is 11.9 Å². The molecule has 3 aromatic rings. The predicted molar refractivity (Wildman–Crippen MR) is 115 cm³/mol. The molecule has 0 saturated carbocycles. The summed E-state index contributed by atoms with van der Waals surface area (Å²) in [5, 5.41) is 10.6. The number of thiophene rings is 1. The number of aliphatic hydroxyl groups is 1. The van der Waals surface area contributed by atoms with Crippen LogP contribution in [0, 0.1) is 19.7 Å². The molecule has 0 spiro atoms. The fourth-order valence-corrected chi connectivity index (χ4v) is 4.34. The summed E-state index contributed by atoms with van der Waals surface area (Å²) in [7, 11) is 0. The summed E-state index contributed by atoms with van der Waals surface area (Å²) < 4.78 is 53.2. The summed E-state index contributed by atoms with van der Waals surface area (Å²) in [5.74, 6) is -0.0477. The number of rotatable bonds is 4. The van der Waals surface area contributed by atoms with E-state index >= 15 is 0 Å². The fraction of sp³-hybridized carbons (Fsp3) is 0.333. The molecule has 33 heavy (non-hydrogen) atoms. The van der Waals surface area contributed by atoms with Crippen LogP contribution in [0.3, 0.4) is 0 Å². The number of aryl methyl sites for hydroxylation is 2. The van der Waals surface area contributed by atoms with E-state index in [1.165, 1.54) is 29.7 Å². The Balaban J connectivity index is 1.55. The van der Waals surface area contributed by atoms with Gasteiger partial charge in [-0.3, -0.25) is 9.55 Å². The van der Waals surface area contributed by atoms with E-state index < -0.39 is 28.7 Å². The summed E-state index contributed by atoms with van der Waals surface area (Å²) in [6.07, 6.45) is -3.69. The van der Waals surface area contributed by atoms with Gasteiger partial charge in [0.25, 0.3) is 0 Å². The molecule has 4 rings (SSSR count). The van der Waals surface area contributed by atoms with Crippen molar-refractivity contribution in [1.29, 1.82) is 0 Å². The summed E-state index contributed by atoms with van der Waals surface area (Å²) in [6.45, 7) is 3.40. The molecule has 0 fully saturated rings. The third-order valence-electron chi connectivity index (χ3n) is 5.22. The zero-order valence-corrected chi connectivity index (χ0v) is 18.4. The van der Waals surface area contributed by atoms with Crippen molar-refractivity contribution < 1.29 is 22.7 Å². The van der Waals surface area contributed by atoms with Gasteiger partial charge in [0.05, 0.1) is 30.6 Å². The van der Waals surface area contributed by atoms with Crippen LogP contribution in [0.4, 0.5) is 23.5 Å². The maximum Gasteiger partial charge on any atom is 0.425 e. The predicted octanol–water partition coefficient (Wildman–Crippen LogP) is 3.18. The molecule has 0 saturated heterocycles. The number of nitrogens with zero attached hydrogens (tertiary/aromatic N) is 5. The molecule has 4 heterocycles. The van der Waals surface area contributed by atoms with Crippen molar-refractivity contribution in [2.24, 2.45) is 0 Å². The molecule has 0 bridgehead atoms. The molecule has 0 aliphatic carbocycles. The van der Waals surface area contributed by atoms with Crippen molar-refractivity contribution in [1.82, 2.24) is 19.5 Å². The molecule has 174 valence electrons. The first kappa shape index (κ1) is 23.1. The van der Waals surface area contributed by atoms with Gasteiger partial charge in [0.1, 0.15) is 16.5 Å². The number of alkyl halides is 3. The van der Waals surface area contributed by atoms with Crippen molar-refractivity contribution in [2.45, 2.75) is 32.7 Å². The van der Waals surface area contributed by atoms with E-state index in [0.717, 1.165) is 6.07 Å². The Morgan fingerprint density at radius 1 is 1.15 bits per heavy atom. The number of anilines is 1. The fourth-order valence-electron chi connectivity index (χ4n) is 3.48. The van der Waals surface area contributed by atoms with Gasteiger partial charge in [-0.05, 0) is 38.1 Å². The molecule has 1 aliphatic heterocycles. The number of hydrogen-bond donors (Lipinski definition) is 1. The molecule has 1 aliphatic rings. The third kappa shape index (κ3) is 4.81. The van der Waals surface area contributed by atoms with Crippen molar-refractivity contribution >= 4 is 22.9 Å². The summed E-state index contributed by atoms with van der Waals surface area (Å²) >= 11 is 0.564. The van der Waals surface area contributed by atoms with Gasteiger partial charge in [0.15, 0.2) is 0 Å². The van der Waals surface area contributed by atoms with E-state index in [4.69, 9.17) is 0 Å². The second-order valence-electron chi connectivity index (χ2n) is 7.55. The molecular weight excluding hydrogens is 462 g/mol. The average Bonchev–Trinajstić information content (AvgIpc) is 3.22. The zero-order valence-electron chi connectivity index (χ0n) is 17.6. The number of aliphatic hydroxyl groups excluding tert-OH is 1. The monoisotopic (exact) mass is 481 g/mol. The average molecular weight is 481 g/mol. The van der Waals surface area contributed by atoms with Crippen LogP contribution in [-0.4, -0.2) is 43.8 Å². The largest absolute Gasteiger partial charge is 0.425 e. The van der Waals surface area contributed by atoms with Gasteiger partial charge in [0.2, 0.25) is 5.95 Å². The van der Waals surface area contributed by atoms with Crippen LogP contribution < -0.4 is 10.6 Å². The van der Waals surface area contributed by atoms with Crippen LogP contribution in [-0.2, 0) is 12.7 Å². The van der Waals surface area contributed by atoms with E-state index in [1.807, 2.05) is 0 Å². The molecule has 3 aromatic heterocycles. The molecule has 1 N–H and O–H groups in total. The van der Waals surface area contributed by atoms with E-state index in [9.17, 15) is 27.5 Å². The highest BCUT2D eigenvalue weighted by Crippen LogP contribution is 2.34. The van der Waals surface area contributed by atoms with Crippen molar-refractivity contribution in [3.8, 4) is 0 Å². The molecule has 7 nitrogen and oxygen atoms in total. The first-order chi connectivity index (χ1) is 15.5. The Morgan fingerprint density at radius 3 is 2.52 bits per heavy atom. The highest BCUT2D eigenvalue weighted by Gasteiger charge is 2.32. The number of β-amino-alcohol motifs (C(OH)–C–C–N with tert-alkyl or cyclic N) is 1. The Kier molecular flexibility index (Phi) is 6.06. The summed E-state index contributed by atoms with van der Waals surface area (Å²) in [6, 6.07) is 5.08. The lowest BCUT2D eigenvalue weighted by Gasteiger charge is -2.30. The Hall–Kier alpha value is -3.12. The number of halogens is 4. The molecule has 0 amide bonds. The van der Waals surface area contributed by atoms with Gasteiger partial charge in [-0.25, -0.2) is 9.18 Å². The topological polar surface area (TPSA) is 84.1 Å². The van der Waals surface area contributed by atoms with Gasteiger partial charge in [-0.2, -0.15) is 23.1 Å². The Bertz CT molecular complexity index is 1280. The second kappa shape index (κ2) is 8.67. The maximum absolute atomic E-state index is 13.5. The quantitative estimate of drug-likeness (QED) is 0.577. The van der Waals surface area contributed by atoms with Crippen LogP contribution in [0.2, 0.25) is 0 Å². The SMILES string of the molecule is Cc1nc(C2=CCN(c3nc(C)n(Cc4ccc(C(F)(F)F)s4)c(=O)n3)C[C@@H]2O)ccc1F. The minimum atomic E-state index is -4.44. The minimum Gasteiger partial charge on any atom is -0.386 e. The number of aromatic nitrogens is 4. The van der Waals surface area contributed by atoms with Gasteiger partial charge in [-0.1, -0.05) is 6.08 Å². The highest BCUT2D eigenvalue weighted by atomic mass is 32.1. The molecular formula is C21H19F4N5O2S. The van der Waals surface area contributed by atoms with E-state index in [2.05, 4.69) is 15.0 Å². The number of pyridine rings is 1. The van der Waals surface area contributed by atoms with E-state index in [1.54, 1.807) is 17.9 Å². The molecule has 0 unspecified atom stereocenters. The highest BCUT2D eigenvalue weighted by molar-refractivity contribution is 7.12. The lowest BCUT2D eigenvalue weighted by atomic mass is 10.0.